The van der Waals surface area contributed by atoms with Gasteiger partial charge in [-0.1, -0.05) is 0 Å². The van der Waals surface area contributed by atoms with Gasteiger partial charge in [-0.25, -0.2) is 4.98 Å². The van der Waals surface area contributed by atoms with E-state index in [1.807, 2.05) is 20.8 Å². The van der Waals surface area contributed by atoms with Crippen LogP contribution in [-0.2, 0) is 13.1 Å². The molecule has 1 atom stereocenters. The molecule has 2 aromatic heterocycles. The second-order valence-electron chi connectivity index (χ2n) is 6.12. The van der Waals surface area contributed by atoms with Crippen LogP contribution in [0.1, 0.15) is 41.6 Å². The minimum absolute atomic E-state index is 0.524. The topological polar surface area (TPSA) is 47.1 Å². The van der Waals surface area contributed by atoms with E-state index in [0.29, 0.717) is 6.04 Å². The lowest BCUT2D eigenvalue weighted by molar-refractivity contribution is 0.198. The van der Waals surface area contributed by atoms with E-state index in [4.69, 9.17) is 4.42 Å². The van der Waals surface area contributed by atoms with Crippen LogP contribution in [-0.4, -0.2) is 32.3 Å². The molecule has 0 N–H and O–H groups in total. The van der Waals surface area contributed by atoms with E-state index in [9.17, 15) is 0 Å². The number of aromatic nitrogens is 3. The molecule has 0 unspecified atom stereocenters. The second-order valence-corrected chi connectivity index (χ2v) is 6.12. The first-order valence-electron chi connectivity index (χ1n) is 7.71. The summed E-state index contributed by atoms with van der Waals surface area (Å²) in [5, 5.41) is 4.58. The molecule has 0 radical (unpaired) electrons. The minimum Gasteiger partial charge on any atom is -0.444 e. The normalized spacial score (nSPS) is 19.5. The summed E-state index contributed by atoms with van der Waals surface area (Å²) in [6, 6.07) is 2.66. The van der Waals surface area contributed by atoms with E-state index in [0.717, 1.165) is 42.7 Å². The van der Waals surface area contributed by atoms with Crippen molar-refractivity contribution in [3.05, 3.63) is 34.8 Å². The molecule has 3 heterocycles. The first-order valence-corrected chi connectivity index (χ1v) is 7.71. The molecule has 1 saturated heterocycles. The van der Waals surface area contributed by atoms with Gasteiger partial charge in [0.2, 0.25) is 5.89 Å². The number of hydrogen-bond acceptors (Lipinski definition) is 4. The molecule has 114 valence electrons. The molecule has 0 amide bonds. The predicted octanol–water partition coefficient (Wildman–Crippen LogP) is 2.77. The van der Waals surface area contributed by atoms with Crippen LogP contribution in [0.3, 0.4) is 0 Å². The Morgan fingerprint density at radius 1 is 1.29 bits per heavy atom. The summed E-state index contributed by atoms with van der Waals surface area (Å²) in [6.07, 6.45) is 2.46. The van der Waals surface area contributed by atoms with E-state index in [2.05, 4.69) is 32.7 Å². The van der Waals surface area contributed by atoms with Crippen LogP contribution in [0.2, 0.25) is 0 Å². The van der Waals surface area contributed by atoms with Crippen LogP contribution in [0.25, 0.3) is 0 Å². The van der Waals surface area contributed by atoms with Crippen molar-refractivity contribution in [3.63, 3.8) is 0 Å². The Hall–Kier alpha value is -1.62. The highest BCUT2D eigenvalue weighted by molar-refractivity contribution is 5.07. The van der Waals surface area contributed by atoms with Crippen LogP contribution in [0, 0.1) is 27.7 Å². The summed E-state index contributed by atoms with van der Waals surface area (Å²) in [5.74, 6) is 1.77. The van der Waals surface area contributed by atoms with Crippen LogP contribution in [0.4, 0.5) is 0 Å². The average Bonchev–Trinajstić information content (AvgIpc) is 3.05. The maximum atomic E-state index is 5.73. The monoisotopic (exact) mass is 288 g/mol. The Kier molecular flexibility index (Phi) is 3.85. The van der Waals surface area contributed by atoms with Gasteiger partial charge in [0, 0.05) is 11.7 Å². The zero-order valence-corrected chi connectivity index (χ0v) is 13.4. The largest absolute Gasteiger partial charge is 0.444 e. The molecule has 5 nitrogen and oxygen atoms in total. The Morgan fingerprint density at radius 3 is 2.71 bits per heavy atom. The van der Waals surface area contributed by atoms with Gasteiger partial charge in [0.1, 0.15) is 5.76 Å². The highest BCUT2D eigenvalue weighted by Gasteiger charge is 2.27. The Bertz CT molecular complexity index is 609. The summed E-state index contributed by atoms with van der Waals surface area (Å²) in [7, 11) is 0. The molecule has 3 rings (SSSR count). The molecule has 1 aliphatic heterocycles. The summed E-state index contributed by atoms with van der Waals surface area (Å²) in [5.41, 5.74) is 3.33. The standard InChI is InChI=1S/C16H24N4O/c1-11-8-12(2)20(18-11)9-15-6-5-7-19(15)10-16-17-13(3)14(4)21-16/h8,15H,5-7,9-10H2,1-4H3/t15-/m0/s1. The van der Waals surface area contributed by atoms with Gasteiger partial charge >= 0.3 is 0 Å². The van der Waals surface area contributed by atoms with Gasteiger partial charge in [-0.2, -0.15) is 5.10 Å². The van der Waals surface area contributed by atoms with Gasteiger partial charge < -0.3 is 4.42 Å². The summed E-state index contributed by atoms with van der Waals surface area (Å²) in [4.78, 5) is 6.98. The van der Waals surface area contributed by atoms with Gasteiger partial charge in [0.15, 0.2) is 0 Å². The number of oxazole rings is 1. The molecule has 0 spiro atoms. The van der Waals surface area contributed by atoms with Gasteiger partial charge in [-0.3, -0.25) is 9.58 Å². The fourth-order valence-corrected chi connectivity index (χ4v) is 3.15. The highest BCUT2D eigenvalue weighted by atomic mass is 16.4. The first kappa shape index (κ1) is 14.3. The smallest absolute Gasteiger partial charge is 0.208 e. The van der Waals surface area contributed by atoms with Crippen LogP contribution in [0.5, 0.6) is 0 Å². The molecule has 1 aliphatic rings. The van der Waals surface area contributed by atoms with E-state index in [1.165, 1.54) is 18.5 Å². The number of aryl methyl sites for hydroxylation is 4. The van der Waals surface area contributed by atoms with Gasteiger partial charge in [0.05, 0.1) is 24.5 Å². The van der Waals surface area contributed by atoms with Crippen molar-refractivity contribution in [1.29, 1.82) is 0 Å². The van der Waals surface area contributed by atoms with E-state index >= 15 is 0 Å². The minimum atomic E-state index is 0.524. The summed E-state index contributed by atoms with van der Waals surface area (Å²) >= 11 is 0. The second kappa shape index (κ2) is 5.64. The van der Waals surface area contributed by atoms with Crippen LogP contribution < -0.4 is 0 Å². The average molecular weight is 288 g/mol. The zero-order valence-electron chi connectivity index (χ0n) is 13.4. The molecule has 5 heteroatoms. The van der Waals surface area contributed by atoms with E-state index < -0.39 is 0 Å². The van der Waals surface area contributed by atoms with Crippen molar-refractivity contribution in [1.82, 2.24) is 19.7 Å². The van der Waals surface area contributed by atoms with Crippen LogP contribution >= 0.6 is 0 Å². The zero-order chi connectivity index (χ0) is 15.0. The molecule has 21 heavy (non-hydrogen) atoms. The maximum Gasteiger partial charge on any atom is 0.208 e. The Balaban J connectivity index is 1.69. The molecule has 0 bridgehead atoms. The number of nitrogens with zero attached hydrogens (tertiary/aromatic N) is 4. The number of likely N-dealkylation sites (tertiary alicyclic amines) is 1. The lowest BCUT2D eigenvalue weighted by Gasteiger charge is -2.23. The van der Waals surface area contributed by atoms with Crippen molar-refractivity contribution in [2.24, 2.45) is 0 Å². The predicted molar refractivity (Wildman–Crippen MR) is 81.1 cm³/mol. The summed E-state index contributed by atoms with van der Waals surface area (Å²) < 4.78 is 7.86. The third kappa shape index (κ3) is 3.02. The molecule has 0 saturated carbocycles. The Labute approximate surface area is 126 Å². The molecule has 0 aromatic carbocycles. The third-order valence-corrected chi connectivity index (χ3v) is 4.40. The van der Waals surface area contributed by atoms with Crippen molar-refractivity contribution in [2.45, 2.75) is 59.7 Å². The molecule has 1 fully saturated rings. The molecular weight excluding hydrogens is 264 g/mol. The fourth-order valence-electron chi connectivity index (χ4n) is 3.15. The quantitative estimate of drug-likeness (QED) is 0.868. The van der Waals surface area contributed by atoms with Crippen molar-refractivity contribution >= 4 is 0 Å². The third-order valence-electron chi connectivity index (χ3n) is 4.40. The van der Waals surface area contributed by atoms with Gasteiger partial charge in [0.25, 0.3) is 0 Å². The van der Waals surface area contributed by atoms with Crippen molar-refractivity contribution in [3.8, 4) is 0 Å². The van der Waals surface area contributed by atoms with Crippen molar-refractivity contribution in [2.75, 3.05) is 6.54 Å². The molecule has 2 aromatic rings. The van der Waals surface area contributed by atoms with Gasteiger partial charge in [-0.05, 0) is 53.1 Å². The Morgan fingerprint density at radius 2 is 2.10 bits per heavy atom. The first-order chi connectivity index (χ1) is 10.0. The SMILES string of the molecule is Cc1cc(C)n(C[C@@H]2CCCN2Cc2nc(C)c(C)o2)n1. The van der Waals surface area contributed by atoms with Gasteiger partial charge in [-0.15, -0.1) is 0 Å². The van der Waals surface area contributed by atoms with E-state index in [1.54, 1.807) is 0 Å². The number of hydrogen-bond donors (Lipinski definition) is 0. The summed E-state index contributed by atoms with van der Waals surface area (Å²) in [6.45, 7) is 11.0. The van der Waals surface area contributed by atoms with Crippen molar-refractivity contribution < 1.29 is 4.42 Å². The lowest BCUT2D eigenvalue weighted by Crippen LogP contribution is -2.33. The maximum absolute atomic E-state index is 5.73. The molecular formula is C16H24N4O. The van der Waals surface area contributed by atoms with Crippen LogP contribution in [0.15, 0.2) is 10.5 Å². The molecule has 0 aliphatic carbocycles. The highest BCUT2D eigenvalue weighted by Crippen LogP contribution is 2.22. The number of rotatable bonds is 4. The lowest BCUT2D eigenvalue weighted by atomic mass is 10.2. The fraction of sp³-hybridized carbons (Fsp3) is 0.625. The van der Waals surface area contributed by atoms with E-state index in [-0.39, 0.29) is 0 Å².